The Balaban J connectivity index is 1.68. The Hall–Kier alpha value is -2.18. The van der Waals surface area contributed by atoms with E-state index < -0.39 is 9.84 Å². The van der Waals surface area contributed by atoms with Crippen LogP contribution >= 0.6 is 0 Å². The molecule has 5 nitrogen and oxygen atoms in total. The third-order valence-corrected chi connectivity index (χ3v) is 7.11. The number of nitrogens with one attached hydrogen (secondary N) is 1. The summed E-state index contributed by atoms with van der Waals surface area (Å²) in [6, 6.07) is 17.0. The number of piperidine rings is 1. The van der Waals surface area contributed by atoms with Gasteiger partial charge in [0.05, 0.1) is 16.2 Å². The van der Waals surface area contributed by atoms with Gasteiger partial charge in [-0.15, -0.1) is 0 Å². The molecule has 0 spiro atoms. The number of amides is 1. The number of nitrogens with zero attached hydrogens (tertiary/aromatic N) is 1. The molecule has 6 heteroatoms. The molecule has 28 heavy (non-hydrogen) atoms. The molecule has 1 fully saturated rings. The fourth-order valence-electron chi connectivity index (χ4n) is 3.70. The monoisotopic (exact) mass is 400 g/mol. The van der Waals surface area contributed by atoms with Gasteiger partial charge in [-0.05, 0) is 37.1 Å². The average molecular weight is 401 g/mol. The quantitative estimate of drug-likeness (QED) is 0.775. The van der Waals surface area contributed by atoms with Crippen LogP contribution in [0.25, 0.3) is 0 Å². The molecule has 1 amide bonds. The maximum atomic E-state index is 12.7. The summed E-state index contributed by atoms with van der Waals surface area (Å²) in [6.45, 7) is 3.98. The highest BCUT2D eigenvalue weighted by Gasteiger charge is 2.25. The number of carbonyl (C=O) groups excluding carboxylic acids is 1. The van der Waals surface area contributed by atoms with Crippen molar-refractivity contribution in [3.05, 3.63) is 65.7 Å². The molecule has 1 N–H and O–H groups in total. The normalized spacial score (nSPS) is 18.0. The molecule has 2 aromatic rings. The van der Waals surface area contributed by atoms with Crippen molar-refractivity contribution >= 4 is 15.7 Å². The van der Waals surface area contributed by atoms with Crippen LogP contribution < -0.4 is 5.32 Å². The van der Waals surface area contributed by atoms with Gasteiger partial charge in [-0.1, -0.05) is 55.8 Å². The number of likely N-dealkylation sites (tertiary alicyclic amines) is 1. The molecule has 150 valence electrons. The van der Waals surface area contributed by atoms with E-state index in [1.165, 1.54) is 11.6 Å². The van der Waals surface area contributed by atoms with Crippen molar-refractivity contribution in [2.75, 3.05) is 18.8 Å². The van der Waals surface area contributed by atoms with Crippen LogP contribution in [0, 0.1) is 0 Å². The van der Waals surface area contributed by atoms with Gasteiger partial charge in [-0.2, -0.15) is 0 Å². The molecule has 1 saturated heterocycles. The average Bonchev–Trinajstić information content (AvgIpc) is 2.73. The standard InChI is InChI=1S/C22H28N2O3S/c1-2-28(26,27)21-14-7-6-13-20(21)22(25)23-16-19-12-8-9-15-24(19)17-18-10-4-3-5-11-18/h3-7,10-11,13-14,19H,2,8-9,12,15-17H2,1H3,(H,23,25). The molecule has 0 aromatic heterocycles. The van der Waals surface area contributed by atoms with E-state index >= 15 is 0 Å². The van der Waals surface area contributed by atoms with Crippen LogP contribution in [0.4, 0.5) is 0 Å². The van der Waals surface area contributed by atoms with Gasteiger partial charge in [-0.25, -0.2) is 8.42 Å². The smallest absolute Gasteiger partial charge is 0.252 e. The van der Waals surface area contributed by atoms with Gasteiger partial charge >= 0.3 is 0 Å². The fraction of sp³-hybridized carbons (Fsp3) is 0.409. The highest BCUT2D eigenvalue weighted by atomic mass is 32.2. The summed E-state index contributed by atoms with van der Waals surface area (Å²) < 4.78 is 24.6. The summed E-state index contributed by atoms with van der Waals surface area (Å²) in [5.74, 6) is -0.344. The minimum atomic E-state index is -3.44. The molecule has 0 radical (unpaired) electrons. The van der Waals surface area contributed by atoms with Gasteiger partial charge in [0.1, 0.15) is 0 Å². The summed E-state index contributed by atoms with van der Waals surface area (Å²) in [4.78, 5) is 15.3. The molecule has 1 aliphatic rings. The largest absolute Gasteiger partial charge is 0.350 e. The zero-order valence-corrected chi connectivity index (χ0v) is 17.1. The van der Waals surface area contributed by atoms with Crippen molar-refractivity contribution in [3.8, 4) is 0 Å². The van der Waals surface area contributed by atoms with Crippen LogP contribution in [0.5, 0.6) is 0 Å². The summed E-state index contributed by atoms with van der Waals surface area (Å²) in [5.41, 5.74) is 1.50. The molecular formula is C22H28N2O3S. The first-order chi connectivity index (χ1) is 13.5. The van der Waals surface area contributed by atoms with Crippen molar-refractivity contribution in [1.82, 2.24) is 10.2 Å². The number of rotatable bonds is 7. The van der Waals surface area contributed by atoms with Gasteiger partial charge < -0.3 is 5.32 Å². The number of hydrogen-bond donors (Lipinski definition) is 1. The lowest BCUT2D eigenvalue weighted by atomic mass is 10.0. The summed E-state index contributed by atoms with van der Waals surface area (Å²) in [5, 5.41) is 2.98. The second kappa shape index (κ2) is 9.34. The summed E-state index contributed by atoms with van der Waals surface area (Å²) in [6.07, 6.45) is 3.34. The Morgan fingerprint density at radius 1 is 1.07 bits per heavy atom. The zero-order valence-electron chi connectivity index (χ0n) is 16.3. The van der Waals surface area contributed by atoms with Gasteiger partial charge in [0, 0.05) is 19.1 Å². The van der Waals surface area contributed by atoms with Crippen molar-refractivity contribution in [2.24, 2.45) is 0 Å². The Morgan fingerprint density at radius 2 is 1.79 bits per heavy atom. The molecule has 0 bridgehead atoms. The number of hydrogen-bond acceptors (Lipinski definition) is 4. The van der Waals surface area contributed by atoms with Crippen LogP contribution in [-0.2, 0) is 16.4 Å². The van der Waals surface area contributed by atoms with Crippen molar-refractivity contribution < 1.29 is 13.2 Å². The van der Waals surface area contributed by atoms with Crippen molar-refractivity contribution in [1.29, 1.82) is 0 Å². The topological polar surface area (TPSA) is 66.5 Å². The molecule has 0 saturated carbocycles. The highest BCUT2D eigenvalue weighted by molar-refractivity contribution is 7.91. The minimum absolute atomic E-state index is 0.0230. The van der Waals surface area contributed by atoms with Gasteiger partial charge in [0.25, 0.3) is 5.91 Å². The molecule has 1 unspecified atom stereocenters. The molecule has 1 aliphatic heterocycles. The lowest BCUT2D eigenvalue weighted by Gasteiger charge is -2.36. The van der Waals surface area contributed by atoms with Crippen LogP contribution in [0.2, 0.25) is 0 Å². The molecule has 1 atom stereocenters. The summed E-state index contributed by atoms with van der Waals surface area (Å²) in [7, 11) is -3.44. The Labute approximate surface area is 167 Å². The third kappa shape index (κ3) is 5.00. The summed E-state index contributed by atoms with van der Waals surface area (Å²) >= 11 is 0. The van der Waals surface area contributed by atoms with Crippen molar-refractivity contribution in [2.45, 2.75) is 43.7 Å². The SMILES string of the molecule is CCS(=O)(=O)c1ccccc1C(=O)NCC1CCCCN1Cc1ccccc1. The number of sulfone groups is 1. The number of benzene rings is 2. The predicted octanol–water partition coefficient (Wildman–Crippen LogP) is 3.26. The first-order valence-corrected chi connectivity index (χ1v) is 11.5. The maximum absolute atomic E-state index is 12.7. The maximum Gasteiger partial charge on any atom is 0.252 e. The molecule has 2 aromatic carbocycles. The van der Waals surface area contributed by atoms with Gasteiger partial charge in [0.2, 0.25) is 0 Å². The van der Waals surface area contributed by atoms with E-state index in [-0.39, 0.29) is 28.2 Å². The molecule has 3 rings (SSSR count). The van der Waals surface area contributed by atoms with E-state index in [2.05, 4.69) is 22.3 Å². The van der Waals surface area contributed by atoms with Crippen molar-refractivity contribution in [3.63, 3.8) is 0 Å². The Bertz CT molecular complexity index is 897. The van der Waals surface area contributed by atoms with Crippen LogP contribution in [0.1, 0.15) is 42.1 Å². The zero-order chi connectivity index (χ0) is 20.0. The third-order valence-electron chi connectivity index (χ3n) is 5.32. The second-order valence-corrected chi connectivity index (χ2v) is 9.46. The minimum Gasteiger partial charge on any atom is -0.350 e. The molecular weight excluding hydrogens is 372 g/mol. The molecule has 1 heterocycles. The lowest BCUT2D eigenvalue weighted by Crippen LogP contribution is -2.46. The number of carbonyl (C=O) groups is 1. The van der Waals surface area contributed by atoms with Crippen LogP contribution in [0.3, 0.4) is 0 Å². The second-order valence-electron chi connectivity index (χ2n) is 7.22. The Kier molecular flexibility index (Phi) is 6.86. The van der Waals surface area contributed by atoms with E-state index in [0.29, 0.717) is 6.54 Å². The Morgan fingerprint density at radius 3 is 2.54 bits per heavy atom. The lowest BCUT2D eigenvalue weighted by molar-refractivity contribution is 0.0904. The first-order valence-electron chi connectivity index (χ1n) is 9.89. The van der Waals surface area contributed by atoms with E-state index in [1.807, 2.05) is 18.2 Å². The van der Waals surface area contributed by atoms with E-state index in [4.69, 9.17) is 0 Å². The van der Waals surface area contributed by atoms with Crippen LogP contribution in [0.15, 0.2) is 59.5 Å². The first kappa shape index (κ1) is 20.6. The highest BCUT2D eigenvalue weighted by Crippen LogP contribution is 2.20. The van der Waals surface area contributed by atoms with E-state index in [1.54, 1.807) is 25.1 Å². The van der Waals surface area contributed by atoms with Gasteiger partial charge in [0.15, 0.2) is 9.84 Å². The molecule has 0 aliphatic carbocycles. The van der Waals surface area contributed by atoms with E-state index in [9.17, 15) is 13.2 Å². The predicted molar refractivity (Wildman–Crippen MR) is 111 cm³/mol. The fourth-order valence-corrected chi connectivity index (χ4v) is 4.80. The van der Waals surface area contributed by atoms with Crippen LogP contribution in [-0.4, -0.2) is 44.1 Å². The van der Waals surface area contributed by atoms with Gasteiger partial charge in [-0.3, -0.25) is 9.69 Å². The van der Waals surface area contributed by atoms with E-state index in [0.717, 1.165) is 32.4 Å².